The van der Waals surface area contributed by atoms with Crippen LogP contribution in [0.5, 0.6) is 5.75 Å². The number of nitrogens with zero attached hydrogens (tertiary/aromatic N) is 4. The lowest BCUT2D eigenvalue weighted by molar-refractivity contribution is 0.220. The van der Waals surface area contributed by atoms with Gasteiger partial charge in [0.1, 0.15) is 17.7 Å². The minimum absolute atomic E-state index is 0.0743. The maximum atomic E-state index is 13.2. The molecule has 0 N–H and O–H groups in total. The first kappa shape index (κ1) is 17.9. The Morgan fingerprint density at radius 1 is 1.17 bits per heavy atom. The minimum atomic E-state index is -0.177. The van der Waals surface area contributed by atoms with Crippen LogP contribution in [0.2, 0.25) is 5.02 Å². The molecule has 1 unspecified atom stereocenters. The third kappa shape index (κ3) is 3.19. The van der Waals surface area contributed by atoms with Crippen molar-refractivity contribution in [2.45, 2.75) is 25.4 Å². The summed E-state index contributed by atoms with van der Waals surface area (Å²) in [5.74, 6) is 1.63. The lowest BCUT2D eigenvalue weighted by Gasteiger charge is -2.15. The molecule has 0 saturated heterocycles. The molecule has 6 nitrogen and oxygen atoms in total. The number of hydrogen-bond acceptors (Lipinski definition) is 4. The number of hydrogen-bond donors (Lipinski definition) is 0. The molecule has 146 valence electrons. The monoisotopic (exact) mass is 406 g/mol. The van der Waals surface area contributed by atoms with Crippen LogP contribution in [0.25, 0.3) is 16.9 Å². The molecular weight excluding hydrogens is 388 g/mol. The maximum Gasteiger partial charge on any atom is 0.286 e. The van der Waals surface area contributed by atoms with E-state index >= 15 is 0 Å². The predicted molar refractivity (Wildman–Crippen MR) is 112 cm³/mol. The molecule has 2 aromatic carbocycles. The largest absolute Gasteiger partial charge is 0.490 e. The summed E-state index contributed by atoms with van der Waals surface area (Å²) in [6, 6.07) is 15.3. The van der Waals surface area contributed by atoms with E-state index in [2.05, 4.69) is 11.1 Å². The van der Waals surface area contributed by atoms with E-state index in [1.807, 2.05) is 37.4 Å². The van der Waals surface area contributed by atoms with Crippen LogP contribution >= 0.6 is 11.6 Å². The second-order valence-electron chi connectivity index (χ2n) is 7.26. The van der Waals surface area contributed by atoms with Gasteiger partial charge < -0.3 is 9.30 Å². The number of aryl methyl sites for hydroxylation is 2. The number of aromatic nitrogens is 4. The van der Waals surface area contributed by atoms with Gasteiger partial charge in [-0.2, -0.15) is 0 Å². The quantitative estimate of drug-likeness (QED) is 0.518. The van der Waals surface area contributed by atoms with Crippen LogP contribution < -0.4 is 10.3 Å². The number of para-hydroxylation sites is 1. The van der Waals surface area contributed by atoms with Crippen LogP contribution in [0.3, 0.4) is 0 Å². The summed E-state index contributed by atoms with van der Waals surface area (Å²) in [5, 5.41) is 0.618. The minimum Gasteiger partial charge on any atom is -0.490 e. The Balaban J connectivity index is 1.52. The molecule has 4 aromatic rings. The lowest BCUT2D eigenvalue weighted by Crippen LogP contribution is -2.25. The van der Waals surface area contributed by atoms with E-state index in [9.17, 15) is 4.79 Å². The highest BCUT2D eigenvalue weighted by molar-refractivity contribution is 6.30. The molecule has 0 fully saturated rings. The van der Waals surface area contributed by atoms with Gasteiger partial charge in [-0.25, -0.2) is 9.97 Å². The molecule has 1 aliphatic rings. The molecule has 5 rings (SSSR count). The van der Waals surface area contributed by atoms with Gasteiger partial charge in [0.15, 0.2) is 11.2 Å². The van der Waals surface area contributed by atoms with Gasteiger partial charge in [0.25, 0.3) is 5.56 Å². The van der Waals surface area contributed by atoms with E-state index in [4.69, 9.17) is 21.3 Å². The average molecular weight is 407 g/mol. The zero-order valence-corrected chi connectivity index (χ0v) is 16.6. The molecule has 0 amide bonds. The predicted octanol–water partition coefficient (Wildman–Crippen LogP) is 3.71. The first-order chi connectivity index (χ1) is 14.1. The number of ether oxygens (including phenoxy) is 1. The van der Waals surface area contributed by atoms with Crippen molar-refractivity contribution in [1.29, 1.82) is 0 Å². The molecule has 0 aliphatic carbocycles. The zero-order valence-electron chi connectivity index (χ0n) is 15.9. The van der Waals surface area contributed by atoms with Crippen molar-refractivity contribution in [3.05, 3.63) is 81.6 Å². The Morgan fingerprint density at radius 3 is 2.76 bits per heavy atom. The molecule has 29 heavy (non-hydrogen) atoms. The summed E-state index contributed by atoms with van der Waals surface area (Å²) in [7, 11) is 1.84. The molecular formula is C22H19ClN4O2. The third-order valence-corrected chi connectivity index (χ3v) is 5.55. The van der Waals surface area contributed by atoms with Gasteiger partial charge >= 0.3 is 0 Å². The molecule has 7 heteroatoms. The maximum absolute atomic E-state index is 13.2. The summed E-state index contributed by atoms with van der Waals surface area (Å²) in [5.41, 5.74) is 2.72. The van der Waals surface area contributed by atoms with Gasteiger partial charge in [-0.1, -0.05) is 29.8 Å². The standard InChI is InChI=1S/C22H19ClN4O2/c1-26-13-24-20-21(26)25-19(27(22(20)28)16-8-6-15(23)7-9-16)11-10-17-12-14-4-2-3-5-18(14)29-17/h2-9,13,17H,10-12H2,1H3. The molecule has 0 bridgehead atoms. The fourth-order valence-corrected chi connectivity index (χ4v) is 3.96. The van der Waals surface area contributed by atoms with Gasteiger partial charge in [-0.15, -0.1) is 0 Å². The van der Waals surface area contributed by atoms with Crippen LogP contribution in [0, 0.1) is 0 Å². The zero-order chi connectivity index (χ0) is 20.0. The van der Waals surface area contributed by atoms with Gasteiger partial charge in [0.05, 0.1) is 12.0 Å². The van der Waals surface area contributed by atoms with Crippen molar-refractivity contribution < 1.29 is 4.74 Å². The van der Waals surface area contributed by atoms with Crippen LogP contribution in [0.15, 0.2) is 59.7 Å². The summed E-state index contributed by atoms with van der Waals surface area (Å²) in [4.78, 5) is 22.2. The highest BCUT2D eigenvalue weighted by atomic mass is 35.5. The van der Waals surface area contributed by atoms with Crippen molar-refractivity contribution in [3.8, 4) is 11.4 Å². The lowest BCUT2D eigenvalue weighted by atomic mass is 10.1. The summed E-state index contributed by atoms with van der Waals surface area (Å²) in [6.07, 6.45) is 3.93. The van der Waals surface area contributed by atoms with Crippen molar-refractivity contribution in [1.82, 2.24) is 19.1 Å². The summed E-state index contributed by atoms with van der Waals surface area (Å²) in [6.45, 7) is 0. The highest BCUT2D eigenvalue weighted by Gasteiger charge is 2.23. The van der Waals surface area contributed by atoms with Crippen molar-refractivity contribution in [3.63, 3.8) is 0 Å². The number of benzene rings is 2. The van der Waals surface area contributed by atoms with Gasteiger partial charge in [-0.05, 0) is 42.3 Å². The first-order valence-corrected chi connectivity index (χ1v) is 9.91. The second-order valence-corrected chi connectivity index (χ2v) is 7.70. The van der Waals surface area contributed by atoms with E-state index in [1.54, 1.807) is 27.6 Å². The van der Waals surface area contributed by atoms with Crippen molar-refractivity contribution >= 4 is 22.8 Å². The Bertz CT molecular complexity index is 1240. The topological polar surface area (TPSA) is 61.9 Å². The summed E-state index contributed by atoms with van der Waals surface area (Å²) >= 11 is 6.03. The Morgan fingerprint density at radius 2 is 1.97 bits per heavy atom. The van der Waals surface area contributed by atoms with Crippen molar-refractivity contribution in [2.24, 2.45) is 7.05 Å². The molecule has 1 atom stereocenters. The molecule has 2 aromatic heterocycles. The molecule has 0 radical (unpaired) electrons. The van der Waals surface area contributed by atoms with Crippen LogP contribution in [-0.4, -0.2) is 25.2 Å². The van der Waals surface area contributed by atoms with Crippen LogP contribution in [0.1, 0.15) is 17.8 Å². The Labute approximate surface area is 172 Å². The fraction of sp³-hybridized carbons (Fsp3) is 0.227. The Hall–Kier alpha value is -3.12. The van der Waals surface area contributed by atoms with E-state index in [1.165, 1.54) is 5.56 Å². The SMILES string of the molecule is Cn1cnc2c(=O)n(-c3ccc(Cl)cc3)c(CCC3Cc4ccccc4O3)nc21. The normalized spacial score (nSPS) is 15.4. The van der Waals surface area contributed by atoms with Gasteiger partial charge in [-0.3, -0.25) is 9.36 Å². The van der Waals surface area contributed by atoms with Crippen LogP contribution in [-0.2, 0) is 19.9 Å². The average Bonchev–Trinajstić information content (AvgIpc) is 3.31. The summed E-state index contributed by atoms with van der Waals surface area (Å²) < 4.78 is 9.47. The van der Waals surface area contributed by atoms with E-state index < -0.39 is 0 Å². The highest BCUT2D eigenvalue weighted by Crippen LogP contribution is 2.30. The number of fused-ring (bicyclic) bond motifs is 2. The number of halogens is 1. The molecule has 0 saturated carbocycles. The van der Waals surface area contributed by atoms with E-state index in [0.717, 1.165) is 24.3 Å². The van der Waals surface area contributed by atoms with E-state index in [0.29, 0.717) is 28.4 Å². The van der Waals surface area contributed by atoms with Gasteiger partial charge in [0, 0.05) is 24.9 Å². The molecule has 0 spiro atoms. The molecule has 1 aliphatic heterocycles. The Kier molecular flexibility index (Phi) is 4.36. The fourth-order valence-electron chi connectivity index (χ4n) is 3.83. The molecule has 3 heterocycles. The van der Waals surface area contributed by atoms with Gasteiger partial charge in [0.2, 0.25) is 0 Å². The van der Waals surface area contributed by atoms with E-state index in [-0.39, 0.29) is 11.7 Å². The number of rotatable bonds is 4. The smallest absolute Gasteiger partial charge is 0.286 e. The number of imidazole rings is 1. The second kappa shape index (κ2) is 7.04. The van der Waals surface area contributed by atoms with Crippen molar-refractivity contribution in [2.75, 3.05) is 0 Å². The first-order valence-electron chi connectivity index (χ1n) is 9.53. The van der Waals surface area contributed by atoms with Crippen LogP contribution in [0.4, 0.5) is 0 Å². The third-order valence-electron chi connectivity index (χ3n) is 5.29.